The van der Waals surface area contributed by atoms with E-state index in [0.717, 1.165) is 27.3 Å². The van der Waals surface area contributed by atoms with Crippen LogP contribution in [0.25, 0.3) is 0 Å². The van der Waals surface area contributed by atoms with Crippen LogP contribution < -0.4 is 26.0 Å². The Balaban J connectivity index is 1.43. The predicted octanol–water partition coefficient (Wildman–Crippen LogP) is 3.88. The van der Waals surface area contributed by atoms with Crippen molar-refractivity contribution in [3.63, 3.8) is 0 Å². The second-order valence-corrected chi connectivity index (χ2v) is 13.3. The Morgan fingerprint density at radius 1 is 0.889 bits per heavy atom. The van der Waals surface area contributed by atoms with Gasteiger partial charge in [0.05, 0.1) is 27.4 Å². The lowest BCUT2D eigenvalue weighted by atomic mass is 9.80. The first-order valence-electron chi connectivity index (χ1n) is 16.9. The van der Waals surface area contributed by atoms with Crippen LogP contribution in [-0.4, -0.2) is 85.8 Å². The van der Waals surface area contributed by atoms with Crippen LogP contribution >= 0.6 is 0 Å². The van der Waals surface area contributed by atoms with Crippen LogP contribution in [0.1, 0.15) is 36.8 Å². The third-order valence-corrected chi connectivity index (χ3v) is 8.90. The largest absolute Gasteiger partial charge is 0.497 e. The number of aromatic nitrogens is 2. The van der Waals surface area contributed by atoms with E-state index in [0.29, 0.717) is 11.5 Å². The molecule has 1 saturated heterocycles. The third kappa shape index (κ3) is 9.19. The number of aliphatic hydroxyl groups excluding tert-OH is 1. The molecule has 0 aliphatic carbocycles. The second kappa shape index (κ2) is 17.0. The number of halogens is 3. The Labute approximate surface area is 308 Å². The zero-order valence-electron chi connectivity index (χ0n) is 30.0. The van der Waals surface area contributed by atoms with Crippen LogP contribution in [0.4, 0.5) is 13.2 Å². The number of H-pyrrole nitrogens is 1. The van der Waals surface area contributed by atoms with E-state index in [-0.39, 0.29) is 19.8 Å². The number of nitrogens with one attached hydrogen (secondary N) is 2. The highest BCUT2D eigenvalue weighted by Gasteiger charge is 2.48. The molecule has 1 amide bonds. The summed E-state index contributed by atoms with van der Waals surface area (Å²) in [6, 6.07) is 25.2. The molecule has 3 N–H and O–H groups in total. The van der Waals surface area contributed by atoms with Gasteiger partial charge in [-0.2, -0.15) is 13.2 Å². The summed E-state index contributed by atoms with van der Waals surface area (Å²) in [6.45, 7) is 1.95. The maximum atomic E-state index is 12.9. The summed E-state index contributed by atoms with van der Waals surface area (Å²) in [5.41, 5.74) is -1.51. The Hall–Kier alpha value is -5.00. The molecule has 0 spiro atoms. The number of carbonyl (C=O) groups excluding carboxylic acids is 1. The summed E-state index contributed by atoms with van der Waals surface area (Å²) in [5.74, 6) is -0.831. The van der Waals surface area contributed by atoms with Gasteiger partial charge in [-0.1, -0.05) is 68.4 Å². The molecule has 1 aromatic heterocycles. The Bertz CT molecular complexity index is 1900. The van der Waals surface area contributed by atoms with Gasteiger partial charge in [0.15, 0.2) is 6.23 Å². The molecule has 16 heteroatoms. The van der Waals surface area contributed by atoms with Gasteiger partial charge < -0.3 is 38.8 Å². The number of amides is 1. The molecule has 4 aromatic rings. The zero-order valence-corrected chi connectivity index (χ0v) is 30.0. The number of alkyl halides is 3. The Morgan fingerprint density at radius 2 is 1.46 bits per heavy atom. The van der Waals surface area contributed by atoms with E-state index >= 15 is 0 Å². The monoisotopic (exact) mass is 757 g/mol. The van der Waals surface area contributed by atoms with Crippen molar-refractivity contribution in [2.75, 3.05) is 40.8 Å². The number of rotatable bonds is 16. The molecule has 4 atom stereocenters. The SMILES string of the molecule is COc1ccc(C(OC[C@H]2O[C@@H](n3ccc(=O)[nH]c3=O)[C@H](OCOCC(C)(C)CNC(=O)C(F)(F)F)[C@H]2O)(c2ccccc2)c2ccc(OC)cc2)cc1. The highest BCUT2D eigenvalue weighted by Crippen LogP contribution is 2.43. The normalized spacial score (nSPS) is 19.0. The van der Waals surface area contributed by atoms with Crippen molar-refractivity contribution in [3.8, 4) is 11.5 Å². The van der Waals surface area contributed by atoms with Crippen molar-refractivity contribution in [2.45, 2.75) is 50.2 Å². The quantitative estimate of drug-likeness (QED) is 0.0870. The number of nitrogens with zero attached hydrogens (tertiary/aromatic N) is 1. The summed E-state index contributed by atoms with van der Waals surface area (Å²) in [5, 5.41) is 13.5. The van der Waals surface area contributed by atoms with E-state index in [9.17, 15) is 32.7 Å². The van der Waals surface area contributed by atoms with Gasteiger partial charge in [0.2, 0.25) is 0 Å². The fourth-order valence-corrected chi connectivity index (χ4v) is 6.08. The van der Waals surface area contributed by atoms with Crippen LogP contribution in [0.15, 0.2) is 101 Å². The first kappa shape index (κ1) is 40.2. The van der Waals surface area contributed by atoms with E-state index in [1.54, 1.807) is 52.3 Å². The summed E-state index contributed by atoms with van der Waals surface area (Å²) in [6.07, 6.45) is -8.87. The fraction of sp³-hybridized carbons (Fsp3) is 0.395. The highest BCUT2D eigenvalue weighted by molar-refractivity contribution is 5.81. The van der Waals surface area contributed by atoms with Gasteiger partial charge in [-0.25, -0.2) is 4.79 Å². The molecule has 0 saturated carbocycles. The fourth-order valence-electron chi connectivity index (χ4n) is 6.08. The lowest BCUT2D eigenvalue weighted by Gasteiger charge is -2.37. The van der Waals surface area contributed by atoms with Gasteiger partial charge in [0.25, 0.3) is 5.56 Å². The molecule has 2 heterocycles. The number of ether oxygens (including phenoxy) is 6. The average molecular weight is 758 g/mol. The molecule has 1 aliphatic heterocycles. The standard InChI is InChI=1S/C38H42F3N3O10/c1-36(2,21-42-34(47)38(39,40)41)22-51-23-52-32-31(46)29(54-33(32)44-19-18-30(45)43-35(44)48)20-53-37(24-8-6-5-7-9-24,25-10-14-27(49-3)15-11-25)26-12-16-28(50-4)17-13-26/h5-19,29,31-33,46H,20-23H2,1-4H3,(H,42,47)(H,43,45,48)/t29-,31+,32-,33-/m1/s1. The van der Waals surface area contributed by atoms with E-state index in [4.69, 9.17) is 28.4 Å². The minimum Gasteiger partial charge on any atom is -0.497 e. The molecule has 0 bridgehead atoms. The van der Waals surface area contributed by atoms with Crippen LogP contribution in [-0.2, 0) is 29.3 Å². The van der Waals surface area contributed by atoms with Crippen molar-refractivity contribution in [1.82, 2.24) is 14.9 Å². The summed E-state index contributed by atoms with van der Waals surface area (Å²) in [7, 11) is 3.12. The molecule has 290 valence electrons. The molecule has 0 radical (unpaired) electrons. The van der Waals surface area contributed by atoms with Gasteiger partial charge >= 0.3 is 17.8 Å². The molecular formula is C38H42F3N3O10. The maximum absolute atomic E-state index is 12.9. The molecule has 5 rings (SSSR count). The van der Waals surface area contributed by atoms with E-state index in [1.165, 1.54) is 6.20 Å². The number of hydrogen-bond acceptors (Lipinski definition) is 10. The number of hydrogen-bond donors (Lipinski definition) is 3. The second-order valence-electron chi connectivity index (χ2n) is 13.3. The molecular weight excluding hydrogens is 715 g/mol. The molecule has 13 nitrogen and oxygen atoms in total. The minimum atomic E-state index is -5.03. The van der Waals surface area contributed by atoms with Crippen LogP contribution in [0.2, 0.25) is 0 Å². The van der Waals surface area contributed by atoms with Crippen molar-refractivity contribution >= 4 is 5.91 Å². The molecule has 3 aromatic carbocycles. The lowest BCUT2D eigenvalue weighted by Crippen LogP contribution is -2.43. The Morgan fingerprint density at radius 3 is 2.00 bits per heavy atom. The maximum Gasteiger partial charge on any atom is 0.471 e. The molecule has 0 unspecified atom stereocenters. The van der Waals surface area contributed by atoms with Gasteiger partial charge in [0, 0.05) is 24.2 Å². The molecule has 1 fully saturated rings. The first-order chi connectivity index (χ1) is 25.7. The number of carbonyl (C=O) groups is 1. The van der Waals surface area contributed by atoms with Gasteiger partial charge in [-0.3, -0.25) is 19.1 Å². The third-order valence-electron chi connectivity index (χ3n) is 8.90. The number of aromatic amines is 1. The predicted molar refractivity (Wildman–Crippen MR) is 188 cm³/mol. The highest BCUT2D eigenvalue weighted by atomic mass is 19.4. The Kier molecular flexibility index (Phi) is 12.6. The summed E-state index contributed by atoms with van der Waals surface area (Å²) < 4.78 is 74.6. The van der Waals surface area contributed by atoms with Crippen molar-refractivity contribution in [2.24, 2.45) is 5.41 Å². The first-order valence-corrected chi connectivity index (χ1v) is 16.9. The lowest BCUT2D eigenvalue weighted by molar-refractivity contribution is -0.174. The van der Waals surface area contributed by atoms with Crippen molar-refractivity contribution in [1.29, 1.82) is 0 Å². The number of methoxy groups -OCH3 is 2. The van der Waals surface area contributed by atoms with Crippen molar-refractivity contribution < 1.29 is 51.5 Å². The number of aliphatic hydroxyl groups is 1. The van der Waals surface area contributed by atoms with E-state index in [1.807, 2.05) is 59.9 Å². The average Bonchev–Trinajstić information content (AvgIpc) is 3.47. The van der Waals surface area contributed by atoms with Gasteiger partial charge in [0.1, 0.15) is 42.2 Å². The van der Waals surface area contributed by atoms with E-state index < -0.39 is 65.7 Å². The number of benzene rings is 3. The molecule has 54 heavy (non-hydrogen) atoms. The van der Waals surface area contributed by atoms with Crippen LogP contribution in [0, 0.1) is 5.41 Å². The van der Waals surface area contributed by atoms with Gasteiger partial charge in [-0.15, -0.1) is 0 Å². The zero-order chi connectivity index (χ0) is 39.1. The van der Waals surface area contributed by atoms with Crippen LogP contribution in [0.3, 0.4) is 0 Å². The van der Waals surface area contributed by atoms with E-state index in [2.05, 4.69) is 4.98 Å². The van der Waals surface area contributed by atoms with Gasteiger partial charge in [-0.05, 0) is 41.0 Å². The summed E-state index contributed by atoms with van der Waals surface area (Å²) >= 11 is 0. The summed E-state index contributed by atoms with van der Waals surface area (Å²) in [4.78, 5) is 38.3. The molecule has 1 aliphatic rings. The smallest absolute Gasteiger partial charge is 0.471 e. The van der Waals surface area contributed by atoms with Crippen LogP contribution in [0.5, 0.6) is 11.5 Å². The topological polar surface area (TPSA) is 160 Å². The van der Waals surface area contributed by atoms with Crippen molar-refractivity contribution in [3.05, 3.63) is 129 Å². The minimum absolute atomic E-state index is 0.145.